The van der Waals surface area contributed by atoms with Gasteiger partial charge in [-0.2, -0.15) is 0 Å². The number of rotatable bonds is 14. The Bertz CT molecular complexity index is 621. The fourth-order valence-electron chi connectivity index (χ4n) is 3.23. The van der Waals surface area contributed by atoms with Gasteiger partial charge < -0.3 is 30.2 Å². The van der Waals surface area contributed by atoms with E-state index in [2.05, 4.69) is 13.8 Å². The first-order valence-electron chi connectivity index (χ1n) is 10.1. The molecule has 0 fully saturated rings. The number of aliphatic hydroxyl groups is 1. The highest BCUT2D eigenvalue weighted by Crippen LogP contribution is 2.31. The third-order valence-electron chi connectivity index (χ3n) is 5.30. The molecule has 0 bridgehead atoms. The predicted octanol–water partition coefficient (Wildman–Crippen LogP) is 2.72. The van der Waals surface area contributed by atoms with E-state index in [4.69, 9.17) is 25.1 Å². The van der Waals surface area contributed by atoms with E-state index in [9.17, 15) is 9.90 Å². The summed E-state index contributed by atoms with van der Waals surface area (Å²) in [7, 11) is 3.23. The minimum atomic E-state index is -0.920. The van der Waals surface area contributed by atoms with Gasteiger partial charge in [0.05, 0.1) is 25.7 Å². The molecule has 0 radical (unpaired) electrons. The van der Waals surface area contributed by atoms with Crippen molar-refractivity contribution in [2.24, 2.45) is 23.5 Å². The van der Waals surface area contributed by atoms with Gasteiger partial charge in [0.1, 0.15) is 6.61 Å². The molecule has 0 aliphatic carbocycles. The first kappa shape index (κ1) is 25.2. The van der Waals surface area contributed by atoms with Crippen LogP contribution in [0.5, 0.6) is 11.5 Å². The lowest BCUT2D eigenvalue weighted by atomic mass is 9.82. The SMILES string of the molecule is COCCOc1cc(CC(CC(N)C(O)CC(C)C(=O)O)C(C)C)ccc1OC. The highest BCUT2D eigenvalue weighted by Gasteiger charge is 2.26. The van der Waals surface area contributed by atoms with Gasteiger partial charge in [0.2, 0.25) is 0 Å². The number of carboxylic acid groups (broad SMARTS) is 1. The first-order valence-corrected chi connectivity index (χ1v) is 10.1. The van der Waals surface area contributed by atoms with Crippen molar-refractivity contribution in [3.8, 4) is 11.5 Å². The van der Waals surface area contributed by atoms with Crippen molar-refractivity contribution < 1.29 is 29.2 Å². The maximum absolute atomic E-state index is 11.0. The molecule has 4 atom stereocenters. The van der Waals surface area contributed by atoms with Crippen LogP contribution in [-0.2, 0) is 16.0 Å². The predicted molar refractivity (Wildman–Crippen MR) is 112 cm³/mol. The Morgan fingerprint density at radius 3 is 2.34 bits per heavy atom. The number of hydrogen-bond donors (Lipinski definition) is 3. The maximum atomic E-state index is 11.0. The number of ether oxygens (including phenoxy) is 3. The topological polar surface area (TPSA) is 111 Å². The van der Waals surface area contributed by atoms with Crippen LogP contribution < -0.4 is 15.2 Å². The molecule has 1 rings (SSSR count). The van der Waals surface area contributed by atoms with Crippen LogP contribution >= 0.6 is 0 Å². The highest BCUT2D eigenvalue weighted by atomic mass is 16.5. The summed E-state index contributed by atoms with van der Waals surface area (Å²) in [5.74, 6) is 0.382. The fraction of sp³-hybridized carbons (Fsp3) is 0.682. The molecular formula is C22H37NO6. The third kappa shape index (κ3) is 8.60. The zero-order chi connectivity index (χ0) is 22.0. The van der Waals surface area contributed by atoms with Crippen molar-refractivity contribution >= 4 is 5.97 Å². The van der Waals surface area contributed by atoms with Crippen LogP contribution in [0.3, 0.4) is 0 Å². The second kappa shape index (κ2) is 12.7. The Kier molecular flexibility index (Phi) is 11.0. The van der Waals surface area contributed by atoms with E-state index in [1.165, 1.54) is 0 Å². The van der Waals surface area contributed by atoms with Gasteiger partial charge in [0.25, 0.3) is 0 Å². The quantitative estimate of drug-likeness (QED) is 0.404. The largest absolute Gasteiger partial charge is 0.493 e. The van der Waals surface area contributed by atoms with Crippen LogP contribution in [0.25, 0.3) is 0 Å². The third-order valence-corrected chi connectivity index (χ3v) is 5.30. The molecule has 0 aromatic heterocycles. The fourth-order valence-corrected chi connectivity index (χ4v) is 3.23. The van der Waals surface area contributed by atoms with E-state index < -0.39 is 24.0 Å². The van der Waals surface area contributed by atoms with Crippen LogP contribution in [0.4, 0.5) is 0 Å². The summed E-state index contributed by atoms with van der Waals surface area (Å²) >= 11 is 0. The summed E-state index contributed by atoms with van der Waals surface area (Å²) in [5, 5.41) is 19.4. The van der Waals surface area contributed by atoms with Crippen LogP contribution in [0.1, 0.15) is 39.2 Å². The zero-order valence-electron chi connectivity index (χ0n) is 18.3. The Balaban J connectivity index is 2.82. The van der Waals surface area contributed by atoms with E-state index in [1.807, 2.05) is 18.2 Å². The van der Waals surface area contributed by atoms with Crippen LogP contribution in [0.15, 0.2) is 18.2 Å². The number of carbonyl (C=O) groups is 1. The van der Waals surface area contributed by atoms with Crippen LogP contribution in [-0.4, -0.2) is 55.8 Å². The van der Waals surface area contributed by atoms with Gasteiger partial charge in [-0.25, -0.2) is 0 Å². The Hall–Kier alpha value is -1.83. The Morgan fingerprint density at radius 1 is 1.10 bits per heavy atom. The van der Waals surface area contributed by atoms with Gasteiger partial charge in [0, 0.05) is 13.2 Å². The number of aliphatic hydroxyl groups excluding tert-OH is 1. The molecule has 0 spiro atoms. The molecule has 0 saturated carbocycles. The van der Waals surface area contributed by atoms with Crippen LogP contribution in [0.2, 0.25) is 0 Å². The lowest BCUT2D eigenvalue weighted by molar-refractivity contribution is -0.142. The van der Waals surface area contributed by atoms with E-state index in [1.54, 1.807) is 21.1 Å². The Labute approximate surface area is 174 Å². The summed E-state index contributed by atoms with van der Waals surface area (Å²) in [6, 6.07) is 5.39. The van der Waals surface area contributed by atoms with E-state index in [-0.39, 0.29) is 12.3 Å². The lowest BCUT2D eigenvalue weighted by Gasteiger charge is -2.28. The molecule has 0 aliphatic heterocycles. The van der Waals surface area contributed by atoms with Crippen molar-refractivity contribution in [1.82, 2.24) is 0 Å². The molecule has 1 aromatic rings. The Morgan fingerprint density at radius 2 is 1.79 bits per heavy atom. The van der Waals surface area contributed by atoms with Crippen LogP contribution in [0, 0.1) is 17.8 Å². The van der Waals surface area contributed by atoms with E-state index in [0.717, 1.165) is 12.0 Å². The van der Waals surface area contributed by atoms with Gasteiger partial charge in [-0.1, -0.05) is 26.8 Å². The number of methoxy groups -OCH3 is 2. The second-order valence-corrected chi connectivity index (χ2v) is 7.98. The van der Waals surface area contributed by atoms with E-state index >= 15 is 0 Å². The monoisotopic (exact) mass is 411 g/mol. The highest BCUT2D eigenvalue weighted by molar-refractivity contribution is 5.69. The average Bonchev–Trinajstić information content (AvgIpc) is 2.67. The lowest BCUT2D eigenvalue weighted by Crippen LogP contribution is -2.39. The van der Waals surface area contributed by atoms with E-state index in [0.29, 0.717) is 37.1 Å². The molecule has 4 unspecified atom stereocenters. The average molecular weight is 412 g/mol. The second-order valence-electron chi connectivity index (χ2n) is 7.98. The number of aliphatic carboxylic acids is 1. The van der Waals surface area contributed by atoms with Crippen molar-refractivity contribution in [2.45, 2.75) is 52.2 Å². The molecule has 166 valence electrons. The smallest absolute Gasteiger partial charge is 0.306 e. The summed E-state index contributed by atoms with van der Waals surface area (Å²) in [6.45, 7) is 6.76. The normalized spacial score (nSPS) is 15.6. The molecule has 7 heteroatoms. The van der Waals surface area contributed by atoms with Gasteiger partial charge in [-0.15, -0.1) is 0 Å². The number of nitrogens with two attached hydrogens (primary N) is 1. The summed E-state index contributed by atoms with van der Waals surface area (Å²) < 4.78 is 16.2. The van der Waals surface area contributed by atoms with Gasteiger partial charge in [-0.3, -0.25) is 4.79 Å². The standard InChI is InChI=1S/C22H37NO6/c1-14(2)17(13-18(23)19(24)10-15(3)22(25)26)11-16-6-7-20(28-5)21(12-16)29-9-8-27-4/h6-7,12,14-15,17-19,24H,8-11,13,23H2,1-5H3,(H,25,26). The number of hydrogen-bond acceptors (Lipinski definition) is 6. The minimum absolute atomic E-state index is 0.154. The summed E-state index contributed by atoms with van der Waals surface area (Å²) in [5.41, 5.74) is 7.31. The molecule has 1 aromatic carbocycles. The molecule has 0 saturated heterocycles. The molecule has 0 aliphatic rings. The van der Waals surface area contributed by atoms with Crippen molar-refractivity contribution in [2.75, 3.05) is 27.4 Å². The first-order chi connectivity index (χ1) is 13.7. The zero-order valence-corrected chi connectivity index (χ0v) is 18.3. The number of carboxylic acids is 1. The molecule has 7 nitrogen and oxygen atoms in total. The van der Waals surface area contributed by atoms with Crippen molar-refractivity contribution in [3.05, 3.63) is 23.8 Å². The molecule has 0 heterocycles. The van der Waals surface area contributed by atoms with Gasteiger partial charge in [-0.05, 0) is 48.8 Å². The number of benzene rings is 1. The molecular weight excluding hydrogens is 374 g/mol. The summed E-state index contributed by atoms with van der Waals surface area (Å²) in [6.07, 6.45) is 0.696. The van der Waals surface area contributed by atoms with Gasteiger partial charge in [0.15, 0.2) is 11.5 Å². The van der Waals surface area contributed by atoms with Gasteiger partial charge >= 0.3 is 5.97 Å². The molecule has 0 amide bonds. The molecule has 4 N–H and O–H groups in total. The maximum Gasteiger partial charge on any atom is 0.306 e. The van der Waals surface area contributed by atoms with Crippen molar-refractivity contribution in [1.29, 1.82) is 0 Å². The van der Waals surface area contributed by atoms with Crippen molar-refractivity contribution in [3.63, 3.8) is 0 Å². The minimum Gasteiger partial charge on any atom is -0.493 e. The molecule has 29 heavy (non-hydrogen) atoms. The summed E-state index contributed by atoms with van der Waals surface area (Å²) in [4.78, 5) is 11.0.